The second kappa shape index (κ2) is 14.3. The number of hydrogen-bond donors (Lipinski definition) is 3. The van der Waals surface area contributed by atoms with Crippen molar-refractivity contribution in [3.05, 3.63) is 162 Å². The molecule has 0 saturated heterocycles. The molecule has 240 valence electrons. The topological polar surface area (TPSA) is 104 Å². The van der Waals surface area contributed by atoms with Crippen LogP contribution in [0.2, 0.25) is 0 Å². The summed E-state index contributed by atoms with van der Waals surface area (Å²) in [6.45, 7) is 0. The SMILES string of the molecule is O=C(N[C@@H](Cc1ccccc1)C(=O)Nc1ccc(S(=O)(=O)Nc2cccc(C(F)(F)F)c2)cc1)C(c1ccccc1)c1ccccc1. The highest BCUT2D eigenvalue weighted by molar-refractivity contribution is 7.92. The first kappa shape index (κ1) is 33.0. The van der Waals surface area contributed by atoms with Crippen molar-refractivity contribution in [1.29, 1.82) is 0 Å². The first-order chi connectivity index (χ1) is 22.5. The lowest BCUT2D eigenvalue weighted by atomic mass is 9.90. The predicted molar refractivity (Wildman–Crippen MR) is 174 cm³/mol. The number of hydrogen-bond acceptors (Lipinski definition) is 4. The Morgan fingerprint density at radius 2 is 1.19 bits per heavy atom. The summed E-state index contributed by atoms with van der Waals surface area (Å²) in [5.74, 6) is -1.59. The molecule has 47 heavy (non-hydrogen) atoms. The maximum Gasteiger partial charge on any atom is 0.416 e. The molecule has 5 rings (SSSR count). The summed E-state index contributed by atoms with van der Waals surface area (Å²) in [5.41, 5.74) is 1.33. The van der Waals surface area contributed by atoms with Crippen LogP contribution in [0.5, 0.6) is 0 Å². The Morgan fingerprint density at radius 1 is 0.638 bits per heavy atom. The van der Waals surface area contributed by atoms with Crippen LogP contribution < -0.4 is 15.4 Å². The van der Waals surface area contributed by atoms with Crippen LogP contribution in [0.3, 0.4) is 0 Å². The summed E-state index contributed by atoms with van der Waals surface area (Å²) >= 11 is 0. The molecule has 11 heteroatoms. The van der Waals surface area contributed by atoms with Crippen LogP contribution in [0.15, 0.2) is 144 Å². The summed E-state index contributed by atoms with van der Waals surface area (Å²) in [6.07, 6.45) is -4.45. The van der Waals surface area contributed by atoms with Crippen molar-refractivity contribution < 1.29 is 31.2 Å². The number of sulfonamides is 1. The Kier molecular flexibility index (Phi) is 10.1. The molecule has 0 aliphatic rings. The van der Waals surface area contributed by atoms with Crippen LogP contribution in [0.1, 0.15) is 28.2 Å². The number of amides is 2. The molecule has 7 nitrogen and oxygen atoms in total. The fourth-order valence-electron chi connectivity index (χ4n) is 5.02. The highest BCUT2D eigenvalue weighted by Gasteiger charge is 2.31. The van der Waals surface area contributed by atoms with E-state index in [0.717, 1.165) is 28.8 Å². The molecule has 0 aliphatic heterocycles. The molecule has 0 aromatic heterocycles. The number of alkyl halides is 3. The minimum atomic E-state index is -4.64. The van der Waals surface area contributed by atoms with Gasteiger partial charge in [-0.15, -0.1) is 0 Å². The Hall–Kier alpha value is -5.42. The molecule has 0 bridgehead atoms. The third kappa shape index (κ3) is 8.65. The zero-order valence-electron chi connectivity index (χ0n) is 24.8. The van der Waals surface area contributed by atoms with Crippen LogP contribution in [-0.2, 0) is 32.2 Å². The monoisotopic (exact) mass is 657 g/mol. The molecule has 0 spiro atoms. The third-order valence-corrected chi connectivity index (χ3v) is 8.72. The van der Waals surface area contributed by atoms with Crippen LogP contribution in [0.4, 0.5) is 24.5 Å². The number of nitrogens with one attached hydrogen (secondary N) is 3. The van der Waals surface area contributed by atoms with Crippen LogP contribution in [0.25, 0.3) is 0 Å². The van der Waals surface area contributed by atoms with Gasteiger partial charge >= 0.3 is 6.18 Å². The standard InChI is InChI=1S/C36H30F3N3O4S/c37-36(38,39)28-17-10-18-30(24-28)42-47(45,46)31-21-19-29(20-22-31)40-34(43)32(23-25-11-4-1-5-12-25)41-35(44)33(26-13-6-2-7-14-26)27-15-8-3-9-16-27/h1-22,24,32-33,42H,23H2,(H,40,43)(H,41,44)/t32-/m0/s1. The number of carbonyl (C=O) groups is 2. The number of rotatable bonds is 11. The summed E-state index contributed by atoms with van der Waals surface area (Å²) in [7, 11) is -4.24. The van der Waals surface area contributed by atoms with Crippen molar-refractivity contribution in [3.8, 4) is 0 Å². The van der Waals surface area contributed by atoms with Crippen molar-refractivity contribution in [2.75, 3.05) is 10.0 Å². The van der Waals surface area contributed by atoms with Crippen LogP contribution >= 0.6 is 0 Å². The second-order valence-corrected chi connectivity index (χ2v) is 12.4. The molecule has 0 fully saturated rings. The molecule has 2 amide bonds. The van der Waals surface area contributed by atoms with E-state index in [0.29, 0.717) is 6.07 Å². The van der Waals surface area contributed by atoms with Crippen molar-refractivity contribution in [1.82, 2.24) is 5.32 Å². The number of carbonyl (C=O) groups excluding carboxylic acids is 2. The average molecular weight is 658 g/mol. The fourth-order valence-corrected chi connectivity index (χ4v) is 6.07. The van der Waals surface area contributed by atoms with Gasteiger partial charge in [-0.3, -0.25) is 14.3 Å². The van der Waals surface area contributed by atoms with E-state index in [9.17, 15) is 31.2 Å². The first-order valence-corrected chi connectivity index (χ1v) is 16.0. The maximum absolute atomic E-state index is 13.9. The molecule has 0 radical (unpaired) electrons. The smallest absolute Gasteiger partial charge is 0.343 e. The van der Waals surface area contributed by atoms with E-state index in [1.54, 1.807) is 0 Å². The molecule has 0 heterocycles. The molecule has 5 aromatic rings. The van der Waals surface area contributed by atoms with Gasteiger partial charge in [-0.1, -0.05) is 97.1 Å². The van der Waals surface area contributed by atoms with Gasteiger partial charge in [0, 0.05) is 17.8 Å². The quantitative estimate of drug-likeness (QED) is 0.142. The largest absolute Gasteiger partial charge is 0.416 e. The predicted octanol–water partition coefficient (Wildman–Crippen LogP) is 7.00. The zero-order valence-corrected chi connectivity index (χ0v) is 25.6. The van der Waals surface area contributed by atoms with E-state index >= 15 is 0 Å². The zero-order chi connectivity index (χ0) is 33.4. The highest BCUT2D eigenvalue weighted by atomic mass is 32.2. The fraction of sp³-hybridized carbons (Fsp3) is 0.111. The normalized spacial score (nSPS) is 12.3. The van der Waals surface area contributed by atoms with Gasteiger partial charge < -0.3 is 10.6 Å². The van der Waals surface area contributed by atoms with E-state index in [2.05, 4.69) is 15.4 Å². The maximum atomic E-state index is 13.9. The summed E-state index contributed by atoms with van der Waals surface area (Å²) in [6, 6.07) is 35.7. The van der Waals surface area contributed by atoms with Crippen molar-refractivity contribution >= 4 is 33.2 Å². The van der Waals surface area contributed by atoms with Crippen LogP contribution in [-0.4, -0.2) is 26.3 Å². The molecule has 1 atom stereocenters. The van der Waals surface area contributed by atoms with E-state index in [1.807, 2.05) is 91.0 Å². The lowest BCUT2D eigenvalue weighted by Crippen LogP contribution is -2.47. The lowest BCUT2D eigenvalue weighted by molar-refractivity contribution is -0.137. The molecular formula is C36H30F3N3O4S. The molecule has 5 aromatic carbocycles. The van der Waals surface area contributed by atoms with Gasteiger partial charge in [0.1, 0.15) is 6.04 Å². The van der Waals surface area contributed by atoms with Gasteiger partial charge in [0.05, 0.1) is 16.4 Å². The summed E-state index contributed by atoms with van der Waals surface area (Å²) < 4.78 is 67.2. The summed E-state index contributed by atoms with van der Waals surface area (Å²) in [5, 5.41) is 5.67. The minimum Gasteiger partial charge on any atom is -0.343 e. The van der Waals surface area contributed by atoms with Gasteiger partial charge in [0.2, 0.25) is 11.8 Å². The molecular weight excluding hydrogens is 627 g/mol. The van der Waals surface area contributed by atoms with E-state index in [-0.39, 0.29) is 28.6 Å². The number of halogens is 3. The van der Waals surface area contributed by atoms with Crippen LogP contribution in [0, 0.1) is 0 Å². The molecule has 0 saturated carbocycles. The average Bonchev–Trinajstić information content (AvgIpc) is 3.06. The van der Waals surface area contributed by atoms with Gasteiger partial charge in [0.15, 0.2) is 0 Å². The van der Waals surface area contributed by atoms with E-state index in [1.165, 1.54) is 30.3 Å². The number of anilines is 2. The van der Waals surface area contributed by atoms with E-state index in [4.69, 9.17) is 0 Å². The third-order valence-electron chi connectivity index (χ3n) is 7.32. The Labute approximate surface area is 270 Å². The van der Waals surface area contributed by atoms with Gasteiger partial charge in [-0.05, 0) is 59.2 Å². The van der Waals surface area contributed by atoms with Gasteiger partial charge in [-0.2, -0.15) is 13.2 Å². The number of benzene rings is 5. The Bertz CT molecular complexity index is 1880. The lowest BCUT2D eigenvalue weighted by Gasteiger charge is -2.23. The van der Waals surface area contributed by atoms with E-state index < -0.39 is 39.6 Å². The Balaban J connectivity index is 1.34. The van der Waals surface area contributed by atoms with Gasteiger partial charge in [0.25, 0.3) is 10.0 Å². The van der Waals surface area contributed by atoms with Crippen molar-refractivity contribution in [3.63, 3.8) is 0 Å². The van der Waals surface area contributed by atoms with Crippen molar-refractivity contribution in [2.24, 2.45) is 0 Å². The van der Waals surface area contributed by atoms with Gasteiger partial charge in [-0.25, -0.2) is 8.42 Å². The second-order valence-electron chi connectivity index (χ2n) is 10.7. The highest BCUT2D eigenvalue weighted by Crippen LogP contribution is 2.31. The minimum absolute atomic E-state index is 0.183. The molecule has 0 unspecified atom stereocenters. The van der Waals surface area contributed by atoms with Crippen molar-refractivity contribution in [2.45, 2.75) is 29.5 Å². The molecule has 0 aliphatic carbocycles. The molecule has 3 N–H and O–H groups in total. The first-order valence-electron chi connectivity index (χ1n) is 14.5. The Morgan fingerprint density at radius 3 is 1.74 bits per heavy atom. The summed E-state index contributed by atoms with van der Waals surface area (Å²) in [4.78, 5) is 27.3.